The summed E-state index contributed by atoms with van der Waals surface area (Å²) in [4.78, 5) is 4.45. The van der Waals surface area contributed by atoms with Gasteiger partial charge in [0.1, 0.15) is 0 Å². The molecule has 2 nitrogen and oxygen atoms in total. The summed E-state index contributed by atoms with van der Waals surface area (Å²) in [5.74, 6) is 1.20. The van der Waals surface area contributed by atoms with Gasteiger partial charge in [-0.3, -0.25) is 4.98 Å². The first kappa shape index (κ1) is 12.6. The van der Waals surface area contributed by atoms with E-state index in [4.69, 9.17) is 0 Å². The minimum absolute atomic E-state index is 0.126. The summed E-state index contributed by atoms with van der Waals surface area (Å²) < 4.78 is 0. The van der Waals surface area contributed by atoms with Crippen molar-refractivity contribution >= 4 is 0 Å². The van der Waals surface area contributed by atoms with Crippen molar-refractivity contribution in [2.75, 3.05) is 0 Å². The number of pyridine rings is 1. The van der Waals surface area contributed by atoms with Crippen molar-refractivity contribution in [1.29, 1.82) is 0 Å². The molecule has 1 aliphatic carbocycles. The van der Waals surface area contributed by atoms with Crippen molar-refractivity contribution in [2.24, 2.45) is 11.8 Å². The van der Waals surface area contributed by atoms with Gasteiger partial charge in [0.2, 0.25) is 0 Å². The fraction of sp³-hybridized carbons (Fsp3) is 0.667. The highest BCUT2D eigenvalue weighted by atomic mass is 16.3. The highest BCUT2D eigenvalue weighted by Gasteiger charge is 2.28. The summed E-state index contributed by atoms with van der Waals surface area (Å²) in [5, 5.41) is 10.1. The van der Waals surface area contributed by atoms with Crippen LogP contribution >= 0.6 is 0 Å². The van der Waals surface area contributed by atoms with Gasteiger partial charge in [-0.05, 0) is 56.1 Å². The van der Waals surface area contributed by atoms with Gasteiger partial charge in [-0.25, -0.2) is 0 Å². The predicted molar refractivity (Wildman–Crippen MR) is 69.8 cm³/mol. The fourth-order valence-electron chi connectivity index (χ4n) is 2.92. The zero-order valence-corrected chi connectivity index (χ0v) is 10.9. The molecule has 0 radical (unpaired) electrons. The van der Waals surface area contributed by atoms with Crippen LogP contribution in [0.4, 0.5) is 0 Å². The predicted octanol–water partition coefficient (Wildman–Crippen LogP) is 3.12. The average Bonchev–Trinajstić information content (AvgIpc) is 2.35. The van der Waals surface area contributed by atoms with Gasteiger partial charge in [0.15, 0.2) is 0 Å². The molecule has 1 aromatic rings. The quantitative estimate of drug-likeness (QED) is 0.870. The number of rotatable bonds is 3. The second kappa shape index (κ2) is 5.63. The van der Waals surface area contributed by atoms with Crippen LogP contribution in [-0.4, -0.2) is 16.2 Å². The van der Waals surface area contributed by atoms with E-state index in [2.05, 4.69) is 24.9 Å². The normalized spacial score (nSPS) is 29.2. The maximum atomic E-state index is 10.1. The summed E-state index contributed by atoms with van der Waals surface area (Å²) in [5.41, 5.74) is 2.41. The third kappa shape index (κ3) is 3.06. The van der Waals surface area contributed by atoms with Crippen molar-refractivity contribution in [3.05, 3.63) is 29.6 Å². The van der Waals surface area contributed by atoms with E-state index < -0.39 is 0 Å². The van der Waals surface area contributed by atoms with E-state index in [0.717, 1.165) is 30.9 Å². The number of hydrogen-bond acceptors (Lipinski definition) is 2. The molecule has 17 heavy (non-hydrogen) atoms. The second-order valence-electron chi connectivity index (χ2n) is 5.39. The Labute approximate surface area is 104 Å². The van der Waals surface area contributed by atoms with Gasteiger partial charge < -0.3 is 5.11 Å². The van der Waals surface area contributed by atoms with Crippen LogP contribution in [0.15, 0.2) is 18.3 Å². The van der Waals surface area contributed by atoms with E-state index in [0.29, 0.717) is 5.92 Å². The molecule has 94 valence electrons. The van der Waals surface area contributed by atoms with Crippen LogP contribution in [-0.2, 0) is 6.42 Å². The molecule has 1 aromatic heterocycles. The van der Waals surface area contributed by atoms with Crippen LogP contribution in [0.25, 0.3) is 0 Å². The van der Waals surface area contributed by atoms with Crippen LogP contribution < -0.4 is 0 Å². The largest absolute Gasteiger partial charge is 0.393 e. The van der Waals surface area contributed by atoms with E-state index in [9.17, 15) is 5.11 Å². The lowest BCUT2D eigenvalue weighted by atomic mass is 9.76. The van der Waals surface area contributed by atoms with Crippen LogP contribution in [0.3, 0.4) is 0 Å². The zero-order valence-electron chi connectivity index (χ0n) is 10.9. The average molecular weight is 233 g/mol. The third-order valence-electron chi connectivity index (χ3n) is 4.20. The molecule has 0 aliphatic heterocycles. The van der Waals surface area contributed by atoms with Crippen molar-refractivity contribution in [1.82, 2.24) is 4.98 Å². The Kier molecular flexibility index (Phi) is 4.16. The van der Waals surface area contributed by atoms with E-state index in [1.807, 2.05) is 12.3 Å². The SMILES string of the molecule is CCC1CCC(O)C(Cc2ncccc2C)C1. The molecule has 1 saturated carbocycles. The summed E-state index contributed by atoms with van der Waals surface area (Å²) in [6, 6.07) is 4.08. The van der Waals surface area contributed by atoms with Crippen molar-refractivity contribution in [2.45, 2.75) is 52.1 Å². The molecule has 0 aromatic carbocycles. The third-order valence-corrected chi connectivity index (χ3v) is 4.20. The Morgan fingerprint density at radius 2 is 2.24 bits per heavy atom. The number of aromatic nitrogens is 1. The van der Waals surface area contributed by atoms with Crippen LogP contribution in [0.5, 0.6) is 0 Å². The zero-order chi connectivity index (χ0) is 12.3. The van der Waals surface area contributed by atoms with E-state index >= 15 is 0 Å². The van der Waals surface area contributed by atoms with Crippen molar-refractivity contribution in [3.8, 4) is 0 Å². The fourth-order valence-corrected chi connectivity index (χ4v) is 2.92. The van der Waals surface area contributed by atoms with Crippen LogP contribution in [0.2, 0.25) is 0 Å². The molecule has 0 amide bonds. The van der Waals surface area contributed by atoms with Gasteiger partial charge in [-0.2, -0.15) is 0 Å². The van der Waals surface area contributed by atoms with Gasteiger partial charge in [0.05, 0.1) is 6.10 Å². The van der Waals surface area contributed by atoms with E-state index in [1.54, 1.807) is 0 Å². The highest BCUT2D eigenvalue weighted by Crippen LogP contribution is 2.33. The second-order valence-corrected chi connectivity index (χ2v) is 5.39. The molecule has 1 heterocycles. The molecular weight excluding hydrogens is 210 g/mol. The minimum Gasteiger partial charge on any atom is -0.393 e. The summed E-state index contributed by atoms with van der Waals surface area (Å²) in [6.45, 7) is 4.36. The first-order valence-corrected chi connectivity index (χ1v) is 6.79. The van der Waals surface area contributed by atoms with Crippen LogP contribution in [0, 0.1) is 18.8 Å². The lowest BCUT2D eigenvalue weighted by Gasteiger charge is -2.33. The Hall–Kier alpha value is -0.890. The van der Waals surface area contributed by atoms with Gasteiger partial charge in [0.25, 0.3) is 0 Å². The molecule has 0 spiro atoms. The molecule has 3 unspecified atom stereocenters. The summed E-state index contributed by atoms with van der Waals surface area (Å²) in [6.07, 6.45) is 7.22. The lowest BCUT2D eigenvalue weighted by Crippen LogP contribution is -2.30. The van der Waals surface area contributed by atoms with Crippen LogP contribution in [0.1, 0.15) is 43.9 Å². The molecule has 0 bridgehead atoms. The van der Waals surface area contributed by atoms with Gasteiger partial charge >= 0.3 is 0 Å². The van der Waals surface area contributed by atoms with Crippen molar-refractivity contribution < 1.29 is 5.11 Å². The Morgan fingerprint density at radius 1 is 1.41 bits per heavy atom. The number of aliphatic hydroxyl groups is 1. The van der Waals surface area contributed by atoms with E-state index in [1.165, 1.54) is 18.4 Å². The summed E-state index contributed by atoms with van der Waals surface area (Å²) >= 11 is 0. The van der Waals surface area contributed by atoms with Crippen molar-refractivity contribution in [3.63, 3.8) is 0 Å². The smallest absolute Gasteiger partial charge is 0.0572 e. The number of hydrogen-bond donors (Lipinski definition) is 1. The first-order valence-electron chi connectivity index (χ1n) is 6.79. The maximum Gasteiger partial charge on any atom is 0.0572 e. The number of aliphatic hydroxyl groups excluding tert-OH is 1. The molecule has 1 aliphatic rings. The van der Waals surface area contributed by atoms with Gasteiger partial charge in [-0.1, -0.05) is 19.4 Å². The Balaban J connectivity index is 2.04. The van der Waals surface area contributed by atoms with Gasteiger partial charge in [-0.15, -0.1) is 0 Å². The monoisotopic (exact) mass is 233 g/mol. The van der Waals surface area contributed by atoms with Gasteiger partial charge in [0, 0.05) is 11.9 Å². The molecule has 2 rings (SSSR count). The maximum absolute atomic E-state index is 10.1. The topological polar surface area (TPSA) is 33.1 Å². The number of nitrogens with zero attached hydrogens (tertiary/aromatic N) is 1. The van der Waals surface area contributed by atoms with E-state index in [-0.39, 0.29) is 6.10 Å². The first-order chi connectivity index (χ1) is 8.20. The Bertz CT molecular complexity index is 364. The standard InChI is InChI=1S/C15H23NO/c1-3-12-6-7-15(17)13(9-12)10-14-11(2)5-4-8-16-14/h4-5,8,12-13,15,17H,3,6-7,9-10H2,1-2H3. The molecule has 0 saturated heterocycles. The molecule has 3 atom stereocenters. The minimum atomic E-state index is -0.126. The highest BCUT2D eigenvalue weighted by molar-refractivity contribution is 5.18. The number of aryl methyl sites for hydroxylation is 1. The lowest BCUT2D eigenvalue weighted by molar-refractivity contribution is 0.0469. The summed E-state index contributed by atoms with van der Waals surface area (Å²) in [7, 11) is 0. The molecule has 2 heteroatoms. The molecular formula is C15H23NO. The molecule has 1 fully saturated rings. The molecule has 1 N–H and O–H groups in total. The Morgan fingerprint density at radius 3 is 2.94 bits per heavy atom.